The molecule has 1 atom stereocenters. The lowest BCUT2D eigenvalue weighted by atomic mass is 10.1. The van der Waals surface area contributed by atoms with Gasteiger partial charge in [-0.1, -0.05) is 0 Å². The SMILES string of the molecule is Cc1cc(C(O)Cc2ccn(C(C)C)n2)ccn1. The van der Waals surface area contributed by atoms with Gasteiger partial charge in [0.25, 0.3) is 0 Å². The maximum atomic E-state index is 10.2. The number of aryl methyl sites for hydroxylation is 1. The molecule has 0 aromatic carbocycles. The maximum Gasteiger partial charge on any atom is 0.0847 e. The van der Waals surface area contributed by atoms with Crippen molar-refractivity contribution in [3.05, 3.63) is 47.5 Å². The molecule has 0 fully saturated rings. The highest BCUT2D eigenvalue weighted by molar-refractivity contribution is 5.19. The van der Waals surface area contributed by atoms with Crippen molar-refractivity contribution in [1.29, 1.82) is 0 Å². The van der Waals surface area contributed by atoms with Crippen molar-refractivity contribution in [3.63, 3.8) is 0 Å². The molecule has 2 aromatic rings. The third-order valence-corrected chi connectivity index (χ3v) is 2.90. The summed E-state index contributed by atoms with van der Waals surface area (Å²) in [6.07, 6.45) is 3.68. The lowest BCUT2D eigenvalue weighted by molar-refractivity contribution is 0.176. The Morgan fingerprint density at radius 1 is 1.33 bits per heavy atom. The Bertz CT molecular complexity index is 519. The highest BCUT2D eigenvalue weighted by Crippen LogP contribution is 2.18. The molecule has 1 N–H and O–H groups in total. The third kappa shape index (κ3) is 2.96. The van der Waals surface area contributed by atoms with E-state index in [0.717, 1.165) is 17.0 Å². The highest BCUT2D eigenvalue weighted by Gasteiger charge is 2.11. The van der Waals surface area contributed by atoms with Crippen LogP contribution in [0, 0.1) is 6.92 Å². The second kappa shape index (κ2) is 5.31. The molecule has 0 spiro atoms. The Labute approximate surface area is 107 Å². The molecule has 0 radical (unpaired) electrons. The fourth-order valence-electron chi connectivity index (χ4n) is 1.86. The predicted octanol–water partition coefficient (Wildman–Crippen LogP) is 2.44. The molecule has 2 heterocycles. The normalized spacial score (nSPS) is 12.9. The molecule has 4 nitrogen and oxygen atoms in total. The minimum absolute atomic E-state index is 0.346. The highest BCUT2D eigenvalue weighted by atomic mass is 16.3. The summed E-state index contributed by atoms with van der Waals surface area (Å²) in [5, 5.41) is 14.6. The van der Waals surface area contributed by atoms with Crippen LogP contribution in [-0.2, 0) is 6.42 Å². The average Bonchev–Trinajstić information content (AvgIpc) is 2.77. The van der Waals surface area contributed by atoms with Crippen LogP contribution >= 0.6 is 0 Å². The van der Waals surface area contributed by atoms with Gasteiger partial charge >= 0.3 is 0 Å². The van der Waals surface area contributed by atoms with Crippen LogP contribution in [0.5, 0.6) is 0 Å². The van der Waals surface area contributed by atoms with Gasteiger partial charge in [-0.25, -0.2) is 0 Å². The van der Waals surface area contributed by atoms with E-state index in [2.05, 4.69) is 23.9 Å². The first-order valence-corrected chi connectivity index (χ1v) is 6.21. The van der Waals surface area contributed by atoms with Gasteiger partial charge in [0.1, 0.15) is 0 Å². The summed E-state index contributed by atoms with van der Waals surface area (Å²) >= 11 is 0. The number of hydrogen-bond donors (Lipinski definition) is 1. The second-order valence-electron chi connectivity index (χ2n) is 4.83. The fraction of sp³-hybridized carbons (Fsp3) is 0.429. The molecule has 4 heteroatoms. The Morgan fingerprint density at radius 3 is 2.72 bits per heavy atom. The molecule has 2 rings (SSSR count). The molecule has 0 aliphatic heterocycles. The predicted molar refractivity (Wildman–Crippen MR) is 70.2 cm³/mol. The van der Waals surface area contributed by atoms with E-state index in [9.17, 15) is 5.11 Å². The molecule has 0 bridgehead atoms. The monoisotopic (exact) mass is 245 g/mol. The van der Waals surface area contributed by atoms with E-state index in [1.165, 1.54) is 0 Å². The largest absolute Gasteiger partial charge is 0.388 e. The standard InChI is InChI=1S/C14H19N3O/c1-10(2)17-7-5-13(16-17)9-14(18)12-4-6-15-11(3)8-12/h4-8,10,14,18H,9H2,1-3H3. The first kappa shape index (κ1) is 12.8. The van der Waals surface area contributed by atoms with Crippen LogP contribution in [0.4, 0.5) is 0 Å². The molecular formula is C14H19N3O. The van der Waals surface area contributed by atoms with E-state index < -0.39 is 6.10 Å². The van der Waals surface area contributed by atoms with Crippen LogP contribution in [0.3, 0.4) is 0 Å². The molecule has 1 unspecified atom stereocenters. The lowest BCUT2D eigenvalue weighted by Gasteiger charge is -2.10. The minimum atomic E-state index is -0.526. The molecule has 0 amide bonds. The van der Waals surface area contributed by atoms with Crippen LogP contribution in [-0.4, -0.2) is 19.9 Å². The van der Waals surface area contributed by atoms with E-state index in [-0.39, 0.29) is 0 Å². The summed E-state index contributed by atoms with van der Waals surface area (Å²) in [6.45, 7) is 6.09. The van der Waals surface area contributed by atoms with Gasteiger partial charge in [-0.05, 0) is 44.5 Å². The molecular weight excluding hydrogens is 226 g/mol. The van der Waals surface area contributed by atoms with Gasteiger partial charge < -0.3 is 5.11 Å². The number of aliphatic hydroxyl groups is 1. The first-order chi connectivity index (χ1) is 8.56. The van der Waals surface area contributed by atoms with Crippen molar-refractivity contribution in [2.75, 3.05) is 0 Å². The summed E-state index contributed by atoms with van der Waals surface area (Å²) < 4.78 is 1.90. The van der Waals surface area contributed by atoms with Crippen LogP contribution in [0.2, 0.25) is 0 Å². The van der Waals surface area contributed by atoms with E-state index in [1.54, 1.807) is 6.20 Å². The Morgan fingerprint density at radius 2 is 2.11 bits per heavy atom. The molecule has 0 saturated carbocycles. The van der Waals surface area contributed by atoms with Gasteiger partial charge in [0, 0.05) is 30.6 Å². The van der Waals surface area contributed by atoms with E-state index >= 15 is 0 Å². The van der Waals surface area contributed by atoms with Gasteiger partial charge in [-0.2, -0.15) is 5.10 Å². The van der Waals surface area contributed by atoms with Gasteiger partial charge in [-0.3, -0.25) is 9.67 Å². The zero-order valence-electron chi connectivity index (χ0n) is 11.0. The maximum absolute atomic E-state index is 10.2. The molecule has 96 valence electrons. The zero-order chi connectivity index (χ0) is 13.1. The summed E-state index contributed by atoms with van der Waals surface area (Å²) in [6, 6.07) is 6.05. The van der Waals surface area contributed by atoms with Crippen molar-refractivity contribution in [2.45, 2.75) is 39.3 Å². The number of aliphatic hydroxyl groups excluding tert-OH is 1. The topological polar surface area (TPSA) is 50.9 Å². The van der Waals surface area contributed by atoms with Crippen molar-refractivity contribution in [2.24, 2.45) is 0 Å². The van der Waals surface area contributed by atoms with Crippen molar-refractivity contribution >= 4 is 0 Å². The number of hydrogen-bond acceptors (Lipinski definition) is 3. The van der Waals surface area contributed by atoms with Gasteiger partial charge in [-0.15, -0.1) is 0 Å². The third-order valence-electron chi connectivity index (χ3n) is 2.90. The molecule has 0 saturated heterocycles. The minimum Gasteiger partial charge on any atom is -0.388 e. The molecule has 0 aliphatic rings. The molecule has 2 aromatic heterocycles. The lowest BCUT2D eigenvalue weighted by Crippen LogP contribution is -2.05. The quantitative estimate of drug-likeness (QED) is 0.900. The van der Waals surface area contributed by atoms with Crippen molar-refractivity contribution in [1.82, 2.24) is 14.8 Å². The molecule has 0 aliphatic carbocycles. The van der Waals surface area contributed by atoms with E-state index in [1.807, 2.05) is 36.0 Å². The van der Waals surface area contributed by atoms with Gasteiger partial charge in [0.05, 0.1) is 11.8 Å². The number of pyridine rings is 1. The van der Waals surface area contributed by atoms with E-state index in [4.69, 9.17) is 0 Å². The van der Waals surface area contributed by atoms with Crippen LogP contribution < -0.4 is 0 Å². The summed E-state index contributed by atoms with van der Waals surface area (Å²) in [5.41, 5.74) is 2.71. The number of rotatable bonds is 4. The van der Waals surface area contributed by atoms with Crippen LogP contribution in [0.1, 0.15) is 42.9 Å². The summed E-state index contributed by atoms with van der Waals surface area (Å²) in [5.74, 6) is 0. The molecule has 18 heavy (non-hydrogen) atoms. The van der Waals surface area contributed by atoms with Crippen LogP contribution in [0.25, 0.3) is 0 Å². The van der Waals surface area contributed by atoms with Crippen molar-refractivity contribution < 1.29 is 5.11 Å². The summed E-state index contributed by atoms with van der Waals surface area (Å²) in [7, 11) is 0. The first-order valence-electron chi connectivity index (χ1n) is 6.21. The average molecular weight is 245 g/mol. The van der Waals surface area contributed by atoms with Gasteiger partial charge in [0.2, 0.25) is 0 Å². The van der Waals surface area contributed by atoms with Crippen LogP contribution in [0.15, 0.2) is 30.6 Å². The Hall–Kier alpha value is -1.68. The number of nitrogens with zero attached hydrogens (tertiary/aromatic N) is 3. The number of aromatic nitrogens is 3. The van der Waals surface area contributed by atoms with E-state index in [0.29, 0.717) is 12.5 Å². The Balaban J connectivity index is 2.08. The van der Waals surface area contributed by atoms with Gasteiger partial charge in [0.15, 0.2) is 0 Å². The second-order valence-corrected chi connectivity index (χ2v) is 4.83. The fourth-order valence-corrected chi connectivity index (χ4v) is 1.86. The smallest absolute Gasteiger partial charge is 0.0847 e. The zero-order valence-corrected chi connectivity index (χ0v) is 11.0. The Kier molecular flexibility index (Phi) is 3.77. The van der Waals surface area contributed by atoms with Crippen molar-refractivity contribution in [3.8, 4) is 0 Å². The summed E-state index contributed by atoms with van der Waals surface area (Å²) in [4.78, 5) is 4.13.